The Labute approximate surface area is 107 Å². The summed E-state index contributed by atoms with van der Waals surface area (Å²) in [6.07, 6.45) is -0.522. The Morgan fingerprint density at radius 3 is 2.50 bits per heavy atom. The normalized spacial score (nSPS) is 24.1. The lowest BCUT2D eigenvalue weighted by Gasteiger charge is -2.29. The number of aliphatic carboxylic acids is 1. The summed E-state index contributed by atoms with van der Waals surface area (Å²) in [7, 11) is 0. The number of ether oxygens (including phenoxy) is 1. The number of amides is 1. The molecule has 0 aliphatic carbocycles. The van der Waals surface area contributed by atoms with E-state index in [1.807, 2.05) is 0 Å². The second-order valence-electron chi connectivity index (χ2n) is 5.53. The van der Waals surface area contributed by atoms with Gasteiger partial charge in [0.2, 0.25) is 0 Å². The van der Waals surface area contributed by atoms with Crippen molar-refractivity contribution in [1.29, 1.82) is 0 Å². The summed E-state index contributed by atoms with van der Waals surface area (Å²) < 4.78 is 5.24. The number of rotatable bonds is 3. The van der Waals surface area contributed by atoms with E-state index in [0.717, 1.165) is 0 Å². The lowest BCUT2D eigenvalue weighted by Crippen LogP contribution is -2.42. The third kappa shape index (κ3) is 4.18. The summed E-state index contributed by atoms with van der Waals surface area (Å²) >= 11 is 0. The quantitative estimate of drug-likeness (QED) is 0.795. The molecule has 0 spiro atoms. The van der Waals surface area contributed by atoms with Gasteiger partial charge in [0, 0.05) is 13.0 Å². The number of hydrogen-bond donors (Lipinski definition) is 2. The van der Waals surface area contributed by atoms with Crippen molar-refractivity contribution in [1.82, 2.24) is 4.90 Å². The monoisotopic (exact) mass is 259 g/mol. The average Bonchev–Trinajstić information content (AvgIpc) is 2.54. The van der Waals surface area contributed by atoms with Crippen LogP contribution < -0.4 is 0 Å². The molecule has 1 heterocycles. The number of aliphatic hydroxyl groups is 1. The zero-order valence-electron chi connectivity index (χ0n) is 11.0. The molecule has 1 fully saturated rings. The molecule has 0 bridgehead atoms. The number of aliphatic hydroxyl groups excluding tert-OH is 1. The minimum absolute atomic E-state index is 0.0684. The molecule has 18 heavy (non-hydrogen) atoms. The minimum atomic E-state index is -0.932. The summed E-state index contributed by atoms with van der Waals surface area (Å²) in [6, 6.07) is -0.462. The van der Waals surface area contributed by atoms with E-state index in [1.165, 1.54) is 4.90 Å². The fourth-order valence-corrected chi connectivity index (χ4v) is 2.00. The van der Waals surface area contributed by atoms with Crippen molar-refractivity contribution in [2.75, 3.05) is 6.54 Å². The first-order chi connectivity index (χ1) is 8.20. The topological polar surface area (TPSA) is 87.1 Å². The van der Waals surface area contributed by atoms with Gasteiger partial charge in [-0.1, -0.05) is 0 Å². The Morgan fingerprint density at radius 1 is 1.39 bits per heavy atom. The largest absolute Gasteiger partial charge is 0.481 e. The van der Waals surface area contributed by atoms with Crippen molar-refractivity contribution in [2.24, 2.45) is 0 Å². The van der Waals surface area contributed by atoms with Gasteiger partial charge in [0.15, 0.2) is 0 Å². The van der Waals surface area contributed by atoms with Gasteiger partial charge in [-0.25, -0.2) is 4.79 Å². The number of carboxylic acids is 1. The summed E-state index contributed by atoms with van der Waals surface area (Å²) in [6.45, 7) is 5.71. The number of likely N-dealkylation sites (tertiary alicyclic amines) is 1. The van der Waals surface area contributed by atoms with Crippen molar-refractivity contribution in [3.05, 3.63) is 0 Å². The van der Waals surface area contributed by atoms with Crippen LogP contribution in [0.5, 0.6) is 0 Å². The molecule has 1 aliphatic heterocycles. The van der Waals surface area contributed by atoms with Gasteiger partial charge in [0.25, 0.3) is 0 Å². The van der Waals surface area contributed by atoms with E-state index in [9.17, 15) is 14.7 Å². The molecule has 2 unspecified atom stereocenters. The van der Waals surface area contributed by atoms with Crippen LogP contribution >= 0.6 is 0 Å². The molecule has 6 nitrogen and oxygen atoms in total. The highest BCUT2D eigenvalue weighted by molar-refractivity contribution is 5.70. The minimum Gasteiger partial charge on any atom is -0.481 e. The first-order valence-electron chi connectivity index (χ1n) is 6.10. The molecular formula is C12H21NO5. The van der Waals surface area contributed by atoms with E-state index >= 15 is 0 Å². The summed E-state index contributed by atoms with van der Waals surface area (Å²) in [5, 5.41) is 18.4. The maximum atomic E-state index is 11.9. The van der Waals surface area contributed by atoms with Gasteiger partial charge in [-0.2, -0.15) is 0 Å². The third-order valence-corrected chi connectivity index (χ3v) is 2.79. The SMILES string of the molecule is CC(C)(C)OC(=O)N1CCC(O)C1CCC(=O)O. The van der Waals surface area contributed by atoms with Crippen molar-refractivity contribution in [3.63, 3.8) is 0 Å². The van der Waals surface area contributed by atoms with E-state index in [-0.39, 0.29) is 12.8 Å². The van der Waals surface area contributed by atoms with Crippen molar-refractivity contribution >= 4 is 12.1 Å². The van der Waals surface area contributed by atoms with Crippen molar-refractivity contribution in [3.8, 4) is 0 Å². The second-order valence-corrected chi connectivity index (χ2v) is 5.53. The molecule has 1 saturated heterocycles. The number of nitrogens with zero attached hydrogens (tertiary/aromatic N) is 1. The molecule has 0 aromatic rings. The summed E-state index contributed by atoms with van der Waals surface area (Å²) in [5.74, 6) is -0.932. The number of hydrogen-bond acceptors (Lipinski definition) is 4. The fourth-order valence-electron chi connectivity index (χ4n) is 2.00. The van der Waals surface area contributed by atoms with Gasteiger partial charge in [-0.15, -0.1) is 0 Å². The maximum Gasteiger partial charge on any atom is 0.410 e. The van der Waals surface area contributed by atoms with Crippen molar-refractivity contribution in [2.45, 2.75) is 57.8 Å². The molecule has 1 rings (SSSR count). The lowest BCUT2D eigenvalue weighted by molar-refractivity contribution is -0.137. The molecule has 2 N–H and O–H groups in total. The van der Waals surface area contributed by atoms with Crippen molar-refractivity contribution < 1.29 is 24.5 Å². The number of carbonyl (C=O) groups excluding carboxylic acids is 1. The van der Waals surface area contributed by atoms with Crippen LogP contribution in [-0.4, -0.2) is 51.5 Å². The van der Waals surface area contributed by atoms with Gasteiger partial charge in [-0.05, 0) is 33.6 Å². The van der Waals surface area contributed by atoms with Crippen LogP contribution in [-0.2, 0) is 9.53 Å². The zero-order valence-corrected chi connectivity index (χ0v) is 11.0. The van der Waals surface area contributed by atoms with Gasteiger partial charge < -0.3 is 19.8 Å². The Morgan fingerprint density at radius 2 is 2.00 bits per heavy atom. The Bertz CT molecular complexity index is 323. The highest BCUT2D eigenvalue weighted by atomic mass is 16.6. The number of carbonyl (C=O) groups is 2. The molecule has 6 heteroatoms. The van der Waals surface area contributed by atoms with Crippen LogP contribution in [0.2, 0.25) is 0 Å². The van der Waals surface area contributed by atoms with Gasteiger partial charge in [0.1, 0.15) is 5.60 Å². The molecule has 2 atom stereocenters. The molecule has 1 amide bonds. The highest BCUT2D eigenvalue weighted by Gasteiger charge is 2.38. The van der Waals surface area contributed by atoms with Crippen LogP contribution in [0.3, 0.4) is 0 Å². The Hall–Kier alpha value is -1.30. The predicted molar refractivity (Wildman–Crippen MR) is 64.2 cm³/mol. The van der Waals surface area contributed by atoms with Gasteiger partial charge >= 0.3 is 12.1 Å². The summed E-state index contributed by atoms with van der Waals surface area (Å²) in [5.41, 5.74) is -0.595. The van der Waals surface area contributed by atoms with E-state index in [2.05, 4.69) is 0 Å². The molecule has 0 aromatic carbocycles. The molecular weight excluding hydrogens is 238 g/mol. The first kappa shape index (κ1) is 14.8. The molecule has 0 radical (unpaired) electrons. The molecule has 0 aromatic heterocycles. The van der Waals surface area contributed by atoms with Gasteiger partial charge in [0.05, 0.1) is 12.1 Å². The molecule has 0 saturated carbocycles. The smallest absolute Gasteiger partial charge is 0.410 e. The summed E-state index contributed by atoms with van der Waals surface area (Å²) in [4.78, 5) is 23.9. The van der Waals surface area contributed by atoms with E-state index < -0.39 is 29.8 Å². The van der Waals surface area contributed by atoms with E-state index in [0.29, 0.717) is 13.0 Å². The zero-order chi connectivity index (χ0) is 13.9. The van der Waals surface area contributed by atoms with Crippen LogP contribution in [0.4, 0.5) is 4.79 Å². The molecule has 104 valence electrons. The fraction of sp³-hybridized carbons (Fsp3) is 0.833. The third-order valence-electron chi connectivity index (χ3n) is 2.79. The molecule has 1 aliphatic rings. The van der Waals surface area contributed by atoms with Crippen LogP contribution in [0.15, 0.2) is 0 Å². The average molecular weight is 259 g/mol. The van der Waals surface area contributed by atoms with E-state index in [4.69, 9.17) is 9.84 Å². The van der Waals surface area contributed by atoms with E-state index in [1.54, 1.807) is 20.8 Å². The Kier molecular flexibility index (Phi) is 4.56. The first-order valence-corrected chi connectivity index (χ1v) is 6.10. The maximum absolute atomic E-state index is 11.9. The van der Waals surface area contributed by atoms with Crippen LogP contribution in [0, 0.1) is 0 Å². The van der Waals surface area contributed by atoms with Crippen LogP contribution in [0.25, 0.3) is 0 Å². The second kappa shape index (κ2) is 5.56. The predicted octanol–water partition coefficient (Wildman–Crippen LogP) is 1.22. The Balaban J connectivity index is 2.62. The van der Waals surface area contributed by atoms with Crippen LogP contribution in [0.1, 0.15) is 40.0 Å². The number of carboxylic acid groups (broad SMARTS) is 1. The highest BCUT2D eigenvalue weighted by Crippen LogP contribution is 2.24. The lowest BCUT2D eigenvalue weighted by atomic mass is 10.1. The van der Waals surface area contributed by atoms with Gasteiger partial charge in [-0.3, -0.25) is 4.79 Å². The standard InChI is InChI=1S/C12H21NO5/c1-12(2,3)18-11(17)13-7-6-9(14)8(13)4-5-10(15)16/h8-9,14H,4-7H2,1-3H3,(H,15,16).